The molecule has 0 saturated heterocycles. The van der Waals surface area contributed by atoms with E-state index in [0.29, 0.717) is 22.0 Å². The van der Waals surface area contributed by atoms with Crippen LogP contribution in [0.1, 0.15) is 31.1 Å². The van der Waals surface area contributed by atoms with Gasteiger partial charge in [-0.1, -0.05) is 31.2 Å². The van der Waals surface area contributed by atoms with Gasteiger partial charge in [-0.25, -0.2) is 4.79 Å². The van der Waals surface area contributed by atoms with Crippen molar-refractivity contribution in [1.29, 1.82) is 0 Å². The number of hydrogen-bond donors (Lipinski definition) is 1. The lowest BCUT2D eigenvalue weighted by atomic mass is 9.96. The van der Waals surface area contributed by atoms with Crippen molar-refractivity contribution in [3.8, 4) is 0 Å². The van der Waals surface area contributed by atoms with E-state index in [1.54, 1.807) is 63.2 Å². The fourth-order valence-corrected chi connectivity index (χ4v) is 4.10. The predicted octanol–water partition coefficient (Wildman–Crippen LogP) is 2.73. The van der Waals surface area contributed by atoms with E-state index < -0.39 is 34.8 Å². The summed E-state index contributed by atoms with van der Waals surface area (Å²) in [4.78, 5) is 39.6. The number of para-hydroxylation sites is 2. The first-order chi connectivity index (χ1) is 13.8. The summed E-state index contributed by atoms with van der Waals surface area (Å²) in [7, 11) is -1.34. The molecule has 1 atom stereocenters. The number of carbonyl (C=O) groups excluding carboxylic acids is 3. The summed E-state index contributed by atoms with van der Waals surface area (Å²) in [6.45, 7) is 4.45. The molecule has 0 aliphatic carbocycles. The lowest BCUT2D eigenvalue weighted by molar-refractivity contribution is -0.128. The Balaban J connectivity index is 1.82. The molecule has 3 rings (SSSR count). The SMILES string of the molecule is CC[S@@](=O)c1ccccc1C(=O)OCC(=O)N1c2ccccc2NC(=O)C1(C)C. The number of ether oxygens (including phenoxy) is 1. The number of carbonyl (C=O) groups is 3. The topological polar surface area (TPSA) is 92.8 Å². The number of rotatable bonds is 5. The summed E-state index contributed by atoms with van der Waals surface area (Å²) in [6, 6.07) is 13.4. The summed E-state index contributed by atoms with van der Waals surface area (Å²) < 4.78 is 17.4. The normalized spacial score (nSPS) is 15.8. The van der Waals surface area contributed by atoms with Crippen LogP contribution in [0.15, 0.2) is 53.4 Å². The van der Waals surface area contributed by atoms with Gasteiger partial charge >= 0.3 is 5.97 Å². The number of hydrogen-bond acceptors (Lipinski definition) is 5. The average molecular weight is 414 g/mol. The van der Waals surface area contributed by atoms with Crippen molar-refractivity contribution in [1.82, 2.24) is 0 Å². The van der Waals surface area contributed by atoms with Gasteiger partial charge in [0.05, 0.1) is 32.6 Å². The molecule has 1 aliphatic rings. The van der Waals surface area contributed by atoms with Crippen LogP contribution in [-0.2, 0) is 25.1 Å². The molecule has 1 heterocycles. The minimum Gasteiger partial charge on any atom is -0.452 e. The lowest BCUT2D eigenvalue weighted by Crippen LogP contribution is -2.59. The predicted molar refractivity (Wildman–Crippen MR) is 110 cm³/mol. The number of amides is 2. The first kappa shape index (κ1) is 20.7. The maximum Gasteiger partial charge on any atom is 0.339 e. The van der Waals surface area contributed by atoms with Crippen LogP contribution in [0.3, 0.4) is 0 Å². The Labute approximate surface area is 171 Å². The molecule has 8 heteroatoms. The number of nitrogens with one attached hydrogen (secondary N) is 1. The second kappa shape index (κ2) is 8.16. The summed E-state index contributed by atoms with van der Waals surface area (Å²) in [6.07, 6.45) is 0. The van der Waals surface area contributed by atoms with E-state index in [1.807, 2.05) is 0 Å². The molecule has 0 aromatic heterocycles. The molecule has 0 bridgehead atoms. The number of nitrogens with zero attached hydrogens (tertiary/aromatic N) is 1. The zero-order valence-corrected chi connectivity index (χ0v) is 17.2. The fourth-order valence-electron chi connectivity index (χ4n) is 3.16. The average Bonchev–Trinajstić information content (AvgIpc) is 2.72. The van der Waals surface area contributed by atoms with Gasteiger partial charge in [-0.15, -0.1) is 0 Å². The second-order valence-corrected chi connectivity index (χ2v) is 8.67. The van der Waals surface area contributed by atoms with Gasteiger partial charge in [0.15, 0.2) is 6.61 Å². The van der Waals surface area contributed by atoms with Crippen molar-refractivity contribution in [2.75, 3.05) is 22.6 Å². The molecule has 7 nitrogen and oxygen atoms in total. The van der Waals surface area contributed by atoms with Gasteiger partial charge in [0.1, 0.15) is 5.54 Å². The van der Waals surface area contributed by atoms with Crippen LogP contribution in [0.25, 0.3) is 0 Å². The second-order valence-electron chi connectivity index (χ2n) is 6.97. The van der Waals surface area contributed by atoms with Gasteiger partial charge in [-0.3, -0.25) is 18.7 Å². The molecule has 2 aromatic carbocycles. The van der Waals surface area contributed by atoms with Gasteiger partial charge in [0, 0.05) is 5.75 Å². The van der Waals surface area contributed by atoms with Crippen molar-refractivity contribution in [2.24, 2.45) is 0 Å². The fraction of sp³-hybridized carbons (Fsp3) is 0.286. The highest BCUT2D eigenvalue weighted by Crippen LogP contribution is 2.36. The Kier molecular flexibility index (Phi) is 5.83. The molecule has 2 amide bonds. The van der Waals surface area contributed by atoms with E-state index in [4.69, 9.17) is 4.74 Å². The summed E-state index contributed by atoms with van der Waals surface area (Å²) in [5.41, 5.74) is 0.0572. The third-order valence-electron chi connectivity index (χ3n) is 4.70. The quantitative estimate of drug-likeness (QED) is 0.760. The largest absolute Gasteiger partial charge is 0.452 e. The Hall–Kier alpha value is -3.00. The summed E-state index contributed by atoms with van der Waals surface area (Å²) in [5.74, 6) is -1.24. The van der Waals surface area contributed by atoms with Crippen LogP contribution in [-0.4, -0.2) is 39.9 Å². The zero-order chi connectivity index (χ0) is 21.2. The minimum absolute atomic E-state index is 0.163. The Morgan fingerprint density at radius 3 is 2.48 bits per heavy atom. The Bertz CT molecular complexity index is 1000. The molecule has 0 radical (unpaired) electrons. The minimum atomic E-state index is -1.34. The lowest BCUT2D eigenvalue weighted by Gasteiger charge is -2.41. The van der Waals surface area contributed by atoms with E-state index in [0.717, 1.165) is 0 Å². The van der Waals surface area contributed by atoms with Crippen molar-refractivity contribution in [3.63, 3.8) is 0 Å². The van der Waals surface area contributed by atoms with Crippen molar-refractivity contribution in [3.05, 3.63) is 54.1 Å². The molecular formula is C21H22N2O5S. The van der Waals surface area contributed by atoms with Gasteiger partial charge in [-0.05, 0) is 38.1 Å². The highest BCUT2D eigenvalue weighted by molar-refractivity contribution is 7.85. The third-order valence-corrected chi connectivity index (χ3v) is 6.07. The zero-order valence-electron chi connectivity index (χ0n) is 16.4. The first-order valence-electron chi connectivity index (χ1n) is 9.15. The molecule has 152 valence electrons. The number of esters is 1. The number of benzene rings is 2. The molecule has 0 saturated carbocycles. The van der Waals surface area contributed by atoms with Crippen LogP contribution in [0.5, 0.6) is 0 Å². The maximum absolute atomic E-state index is 12.9. The summed E-state index contributed by atoms with van der Waals surface area (Å²) in [5, 5.41) is 2.78. The third kappa shape index (κ3) is 3.93. The van der Waals surface area contributed by atoms with E-state index >= 15 is 0 Å². The maximum atomic E-state index is 12.9. The Morgan fingerprint density at radius 1 is 1.10 bits per heavy atom. The highest BCUT2D eigenvalue weighted by Gasteiger charge is 2.43. The van der Waals surface area contributed by atoms with Crippen molar-refractivity contribution in [2.45, 2.75) is 31.2 Å². The van der Waals surface area contributed by atoms with Crippen LogP contribution in [0.4, 0.5) is 11.4 Å². The van der Waals surface area contributed by atoms with Crippen LogP contribution in [0.2, 0.25) is 0 Å². The molecule has 29 heavy (non-hydrogen) atoms. The number of anilines is 2. The van der Waals surface area contributed by atoms with E-state index in [-0.39, 0.29) is 11.5 Å². The van der Waals surface area contributed by atoms with E-state index in [1.165, 1.54) is 11.0 Å². The molecule has 2 aromatic rings. The van der Waals surface area contributed by atoms with E-state index in [2.05, 4.69) is 5.32 Å². The molecule has 1 aliphatic heterocycles. The van der Waals surface area contributed by atoms with Crippen molar-refractivity contribution < 1.29 is 23.3 Å². The monoisotopic (exact) mass is 414 g/mol. The number of fused-ring (bicyclic) bond motifs is 1. The van der Waals surface area contributed by atoms with E-state index in [9.17, 15) is 18.6 Å². The first-order valence-corrected chi connectivity index (χ1v) is 10.5. The molecular weight excluding hydrogens is 392 g/mol. The van der Waals surface area contributed by atoms with Crippen LogP contribution >= 0.6 is 0 Å². The highest BCUT2D eigenvalue weighted by atomic mass is 32.2. The molecule has 1 N–H and O–H groups in total. The standard InChI is InChI=1S/C21H22N2O5S/c1-4-29(27)17-12-8-5-9-14(17)19(25)28-13-18(24)23-16-11-7-6-10-15(16)22-20(26)21(23,2)3/h5-12H,4,13H2,1-3H3,(H,22,26)/t29-/m1/s1. The van der Waals surface area contributed by atoms with Gasteiger partial charge in [0.2, 0.25) is 5.91 Å². The van der Waals surface area contributed by atoms with Crippen molar-refractivity contribution >= 4 is 40.0 Å². The smallest absolute Gasteiger partial charge is 0.339 e. The molecule has 0 unspecified atom stereocenters. The molecule has 0 fully saturated rings. The van der Waals surface area contributed by atoms with Crippen LogP contribution < -0.4 is 10.2 Å². The van der Waals surface area contributed by atoms with Gasteiger partial charge in [0.25, 0.3) is 5.91 Å². The van der Waals surface area contributed by atoms with Gasteiger partial charge < -0.3 is 10.1 Å². The Morgan fingerprint density at radius 2 is 1.76 bits per heavy atom. The van der Waals surface area contributed by atoms with Crippen LogP contribution in [0, 0.1) is 0 Å². The van der Waals surface area contributed by atoms with Gasteiger partial charge in [-0.2, -0.15) is 0 Å². The summed E-state index contributed by atoms with van der Waals surface area (Å²) >= 11 is 0. The molecule has 0 spiro atoms.